The molecule has 1 aromatic rings. The van der Waals surface area contributed by atoms with Crippen molar-refractivity contribution in [2.75, 3.05) is 6.54 Å². The summed E-state index contributed by atoms with van der Waals surface area (Å²) in [5, 5.41) is 3.58. The monoisotopic (exact) mass is 233 g/mol. The lowest BCUT2D eigenvalue weighted by molar-refractivity contribution is 0.134. The molecule has 1 unspecified atom stereocenters. The fourth-order valence-electron chi connectivity index (χ4n) is 2.46. The van der Waals surface area contributed by atoms with Crippen LogP contribution in [0.15, 0.2) is 18.2 Å². The molecule has 94 valence electrons. The molecule has 0 saturated carbocycles. The second-order valence-electron chi connectivity index (χ2n) is 5.26. The van der Waals surface area contributed by atoms with Gasteiger partial charge in [0.2, 0.25) is 0 Å². The highest BCUT2D eigenvalue weighted by molar-refractivity contribution is 5.34. The molecule has 1 N–H and O–H groups in total. The van der Waals surface area contributed by atoms with E-state index < -0.39 is 0 Å². The quantitative estimate of drug-likeness (QED) is 0.841. The zero-order valence-electron chi connectivity index (χ0n) is 11.1. The van der Waals surface area contributed by atoms with E-state index >= 15 is 0 Å². The maximum Gasteiger partial charge on any atom is 0.0725 e. The zero-order chi connectivity index (χ0) is 12.3. The van der Waals surface area contributed by atoms with Crippen molar-refractivity contribution < 1.29 is 4.74 Å². The summed E-state index contributed by atoms with van der Waals surface area (Å²) in [4.78, 5) is 0. The highest BCUT2D eigenvalue weighted by Gasteiger charge is 2.16. The Morgan fingerprint density at radius 2 is 2.00 bits per heavy atom. The van der Waals surface area contributed by atoms with Crippen LogP contribution in [-0.4, -0.2) is 6.54 Å². The molecule has 0 saturated heterocycles. The van der Waals surface area contributed by atoms with Gasteiger partial charge in [0.05, 0.1) is 13.2 Å². The Hall–Kier alpha value is -0.860. The van der Waals surface area contributed by atoms with Gasteiger partial charge < -0.3 is 10.1 Å². The van der Waals surface area contributed by atoms with Crippen LogP contribution in [0.25, 0.3) is 0 Å². The van der Waals surface area contributed by atoms with Crippen molar-refractivity contribution in [1.29, 1.82) is 0 Å². The van der Waals surface area contributed by atoms with E-state index in [1.807, 2.05) is 0 Å². The van der Waals surface area contributed by atoms with Gasteiger partial charge in [-0.15, -0.1) is 0 Å². The van der Waals surface area contributed by atoms with Gasteiger partial charge in [0, 0.05) is 6.04 Å². The van der Waals surface area contributed by atoms with Crippen LogP contribution < -0.4 is 5.32 Å². The van der Waals surface area contributed by atoms with Crippen LogP contribution in [0.2, 0.25) is 0 Å². The molecular weight excluding hydrogens is 210 g/mol. The molecule has 17 heavy (non-hydrogen) atoms. The third-order valence-corrected chi connectivity index (χ3v) is 3.31. The predicted molar refractivity (Wildman–Crippen MR) is 70.8 cm³/mol. The molecule has 1 aromatic carbocycles. The normalized spacial score (nSPS) is 16.2. The fourth-order valence-corrected chi connectivity index (χ4v) is 2.46. The van der Waals surface area contributed by atoms with Gasteiger partial charge in [0.15, 0.2) is 0 Å². The highest BCUT2D eigenvalue weighted by atomic mass is 16.5. The van der Waals surface area contributed by atoms with E-state index in [2.05, 4.69) is 44.3 Å². The van der Waals surface area contributed by atoms with Crippen molar-refractivity contribution in [2.24, 2.45) is 5.92 Å². The number of hydrogen-bond acceptors (Lipinski definition) is 2. The maximum absolute atomic E-state index is 5.47. The van der Waals surface area contributed by atoms with Gasteiger partial charge in [-0.3, -0.25) is 0 Å². The van der Waals surface area contributed by atoms with Gasteiger partial charge in [0.25, 0.3) is 0 Å². The number of ether oxygens (including phenoxy) is 1. The number of hydrogen-bond donors (Lipinski definition) is 1. The Morgan fingerprint density at radius 1 is 1.24 bits per heavy atom. The Balaban J connectivity index is 2.17. The topological polar surface area (TPSA) is 21.3 Å². The molecule has 0 radical (unpaired) electrons. The molecule has 0 amide bonds. The molecule has 1 atom stereocenters. The highest BCUT2D eigenvalue weighted by Crippen LogP contribution is 2.27. The summed E-state index contributed by atoms with van der Waals surface area (Å²) in [5.74, 6) is 0.712. The van der Waals surface area contributed by atoms with E-state index in [-0.39, 0.29) is 0 Å². The van der Waals surface area contributed by atoms with Crippen molar-refractivity contribution in [3.63, 3.8) is 0 Å². The summed E-state index contributed by atoms with van der Waals surface area (Å²) in [6.07, 6.45) is 1.19. The van der Waals surface area contributed by atoms with Crippen LogP contribution in [0.1, 0.15) is 49.9 Å². The SMILES string of the molecule is CCNC(CC(C)C)c1ccc2c(c1)COC2. The van der Waals surface area contributed by atoms with Gasteiger partial charge in [-0.1, -0.05) is 39.0 Å². The lowest BCUT2D eigenvalue weighted by Crippen LogP contribution is -2.22. The molecule has 1 heterocycles. The van der Waals surface area contributed by atoms with Crippen molar-refractivity contribution in [1.82, 2.24) is 5.32 Å². The Morgan fingerprint density at radius 3 is 2.71 bits per heavy atom. The summed E-state index contributed by atoms with van der Waals surface area (Å²) in [6.45, 7) is 9.31. The van der Waals surface area contributed by atoms with Crippen LogP contribution >= 0.6 is 0 Å². The number of rotatable bonds is 5. The van der Waals surface area contributed by atoms with E-state index in [1.54, 1.807) is 0 Å². The summed E-state index contributed by atoms with van der Waals surface area (Å²) in [7, 11) is 0. The molecule has 1 aliphatic rings. The summed E-state index contributed by atoms with van der Waals surface area (Å²) >= 11 is 0. The second-order valence-corrected chi connectivity index (χ2v) is 5.26. The van der Waals surface area contributed by atoms with Crippen LogP contribution in [0, 0.1) is 5.92 Å². The van der Waals surface area contributed by atoms with E-state index in [0.29, 0.717) is 12.0 Å². The minimum Gasteiger partial charge on any atom is -0.372 e. The van der Waals surface area contributed by atoms with Crippen molar-refractivity contribution in [3.05, 3.63) is 34.9 Å². The van der Waals surface area contributed by atoms with Crippen LogP contribution in [-0.2, 0) is 18.0 Å². The Kier molecular flexibility index (Phi) is 4.19. The first-order chi connectivity index (χ1) is 8.20. The van der Waals surface area contributed by atoms with Gasteiger partial charge in [0.1, 0.15) is 0 Å². The third kappa shape index (κ3) is 3.08. The number of benzene rings is 1. The largest absolute Gasteiger partial charge is 0.372 e. The lowest BCUT2D eigenvalue weighted by Gasteiger charge is -2.21. The van der Waals surface area contributed by atoms with E-state index in [9.17, 15) is 0 Å². The first-order valence-corrected chi connectivity index (χ1v) is 6.63. The van der Waals surface area contributed by atoms with Crippen molar-refractivity contribution in [3.8, 4) is 0 Å². The smallest absolute Gasteiger partial charge is 0.0725 e. The maximum atomic E-state index is 5.47. The molecular formula is C15H23NO. The van der Waals surface area contributed by atoms with Gasteiger partial charge >= 0.3 is 0 Å². The van der Waals surface area contributed by atoms with Gasteiger partial charge in [-0.25, -0.2) is 0 Å². The molecule has 0 bridgehead atoms. The molecule has 2 rings (SSSR count). The van der Waals surface area contributed by atoms with E-state index in [0.717, 1.165) is 19.8 Å². The predicted octanol–water partition coefficient (Wildman–Crippen LogP) is 3.41. The summed E-state index contributed by atoms with van der Waals surface area (Å²) < 4.78 is 5.47. The Labute approximate surface area is 104 Å². The average Bonchev–Trinajstić information content (AvgIpc) is 2.74. The summed E-state index contributed by atoms with van der Waals surface area (Å²) in [5.41, 5.74) is 4.13. The van der Waals surface area contributed by atoms with Crippen LogP contribution in [0.5, 0.6) is 0 Å². The zero-order valence-corrected chi connectivity index (χ0v) is 11.1. The lowest BCUT2D eigenvalue weighted by atomic mass is 9.94. The minimum absolute atomic E-state index is 0.478. The molecule has 2 nitrogen and oxygen atoms in total. The van der Waals surface area contributed by atoms with Crippen LogP contribution in [0.4, 0.5) is 0 Å². The first-order valence-electron chi connectivity index (χ1n) is 6.63. The molecule has 0 fully saturated rings. The van der Waals surface area contributed by atoms with E-state index in [1.165, 1.54) is 23.1 Å². The van der Waals surface area contributed by atoms with Gasteiger partial charge in [-0.05, 0) is 35.6 Å². The number of nitrogens with one attached hydrogen (secondary N) is 1. The minimum atomic E-state index is 0.478. The van der Waals surface area contributed by atoms with E-state index in [4.69, 9.17) is 4.74 Å². The molecule has 1 aliphatic heterocycles. The molecule has 2 heteroatoms. The average molecular weight is 233 g/mol. The van der Waals surface area contributed by atoms with Crippen LogP contribution in [0.3, 0.4) is 0 Å². The first kappa shape index (κ1) is 12.6. The van der Waals surface area contributed by atoms with Crippen molar-refractivity contribution in [2.45, 2.75) is 46.4 Å². The summed E-state index contributed by atoms with van der Waals surface area (Å²) in [6, 6.07) is 7.27. The standard InChI is InChI=1S/C15H23NO/c1-4-16-15(7-11(2)3)12-5-6-13-9-17-10-14(13)8-12/h5-6,8,11,15-16H,4,7,9-10H2,1-3H3. The Bertz CT molecular complexity index is 373. The molecule has 0 aliphatic carbocycles. The van der Waals surface area contributed by atoms with Crippen molar-refractivity contribution >= 4 is 0 Å². The third-order valence-electron chi connectivity index (χ3n) is 3.31. The van der Waals surface area contributed by atoms with Gasteiger partial charge in [-0.2, -0.15) is 0 Å². The molecule has 0 aromatic heterocycles. The fraction of sp³-hybridized carbons (Fsp3) is 0.600. The number of fused-ring (bicyclic) bond motifs is 1. The molecule has 0 spiro atoms. The second kappa shape index (κ2) is 5.65.